The van der Waals surface area contributed by atoms with E-state index in [0.29, 0.717) is 17.9 Å². The van der Waals surface area contributed by atoms with Gasteiger partial charge in [-0.3, -0.25) is 9.59 Å². The van der Waals surface area contributed by atoms with Crippen LogP contribution in [0.4, 0.5) is 5.69 Å². The van der Waals surface area contributed by atoms with Crippen LogP contribution in [0.25, 0.3) is 0 Å². The average Bonchev–Trinajstić information content (AvgIpc) is 2.80. The van der Waals surface area contributed by atoms with Gasteiger partial charge in [0.25, 0.3) is 0 Å². The lowest BCUT2D eigenvalue weighted by molar-refractivity contribution is -0.146. The molecule has 1 saturated heterocycles. The Hall–Kier alpha value is -2.04. The molecular formula is C14H17NO4. The summed E-state index contributed by atoms with van der Waals surface area (Å²) in [5, 5.41) is 2.71. The van der Waals surface area contributed by atoms with Crippen LogP contribution in [0, 0.1) is 5.92 Å². The lowest BCUT2D eigenvalue weighted by Gasteiger charge is -2.11. The molecule has 1 fully saturated rings. The van der Waals surface area contributed by atoms with E-state index in [-0.39, 0.29) is 12.0 Å². The maximum Gasteiger partial charge on any atom is 0.318 e. The van der Waals surface area contributed by atoms with E-state index in [2.05, 4.69) is 5.32 Å². The molecule has 0 saturated carbocycles. The van der Waals surface area contributed by atoms with Crippen molar-refractivity contribution < 1.29 is 19.1 Å². The first-order chi connectivity index (χ1) is 9.15. The summed E-state index contributed by atoms with van der Waals surface area (Å²) in [5.74, 6) is -0.950. The molecule has 0 unspecified atom stereocenters. The summed E-state index contributed by atoms with van der Waals surface area (Å²) in [5.41, 5.74) is 0.558. The molecule has 0 radical (unpaired) electrons. The summed E-state index contributed by atoms with van der Waals surface area (Å²) in [7, 11) is 1.53. The zero-order chi connectivity index (χ0) is 13.8. The van der Waals surface area contributed by atoms with Crippen molar-refractivity contribution >= 4 is 17.6 Å². The number of cyclic esters (lactones) is 1. The van der Waals surface area contributed by atoms with Gasteiger partial charge in [0.05, 0.1) is 12.8 Å². The van der Waals surface area contributed by atoms with Crippen molar-refractivity contribution in [3.63, 3.8) is 0 Å². The highest BCUT2D eigenvalue weighted by atomic mass is 16.6. The Morgan fingerprint density at radius 3 is 2.84 bits per heavy atom. The largest absolute Gasteiger partial charge is 0.495 e. The third-order valence-corrected chi connectivity index (χ3v) is 3.20. The van der Waals surface area contributed by atoms with E-state index in [1.165, 1.54) is 7.11 Å². The van der Waals surface area contributed by atoms with E-state index < -0.39 is 11.9 Å². The van der Waals surface area contributed by atoms with Gasteiger partial charge in [0.15, 0.2) is 0 Å². The van der Waals surface area contributed by atoms with Gasteiger partial charge in [-0.1, -0.05) is 19.1 Å². The van der Waals surface area contributed by atoms with Crippen LogP contribution in [0.1, 0.15) is 19.8 Å². The molecule has 1 aromatic carbocycles. The normalized spacial score (nSPS) is 21.9. The predicted octanol–water partition coefficient (Wildman–Crippen LogP) is 1.98. The van der Waals surface area contributed by atoms with Gasteiger partial charge in [0.1, 0.15) is 17.8 Å². The van der Waals surface area contributed by atoms with E-state index in [1.807, 2.05) is 13.0 Å². The van der Waals surface area contributed by atoms with Crippen molar-refractivity contribution in [3.8, 4) is 5.75 Å². The Kier molecular flexibility index (Phi) is 4.04. The van der Waals surface area contributed by atoms with E-state index >= 15 is 0 Å². The lowest BCUT2D eigenvalue weighted by Crippen LogP contribution is -2.26. The van der Waals surface area contributed by atoms with Crippen LogP contribution >= 0.6 is 0 Å². The minimum atomic E-state index is -0.727. The van der Waals surface area contributed by atoms with Crippen LogP contribution in [-0.4, -0.2) is 25.1 Å². The highest BCUT2D eigenvalue weighted by Crippen LogP contribution is 2.27. The molecule has 5 nitrogen and oxygen atoms in total. The highest BCUT2D eigenvalue weighted by Gasteiger charge is 2.38. The van der Waals surface area contributed by atoms with Crippen LogP contribution in [0.5, 0.6) is 5.75 Å². The van der Waals surface area contributed by atoms with Crippen molar-refractivity contribution in [3.05, 3.63) is 24.3 Å². The number of hydrogen-bond donors (Lipinski definition) is 1. The number of nitrogens with one attached hydrogen (secondary N) is 1. The molecule has 102 valence electrons. The van der Waals surface area contributed by atoms with Gasteiger partial charge >= 0.3 is 5.97 Å². The van der Waals surface area contributed by atoms with Crippen LogP contribution in [0.2, 0.25) is 0 Å². The summed E-state index contributed by atoms with van der Waals surface area (Å²) in [4.78, 5) is 23.7. The summed E-state index contributed by atoms with van der Waals surface area (Å²) in [6.07, 6.45) is 1.02. The van der Waals surface area contributed by atoms with E-state index in [1.54, 1.807) is 18.2 Å². The van der Waals surface area contributed by atoms with E-state index in [9.17, 15) is 9.59 Å². The van der Waals surface area contributed by atoms with Crippen molar-refractivity contribution in [1.29, 1.82) is 0 Å². The predicted molar refractivity (Wildman–Crippen MR) is 69.9 cm³/mol. The average molecular weight is 263 g/mol. The molecule has 0 aromatic heterocycles. The number of carbonyl (C=O) groups is 2. The van der Waals surface area contributed by atoms with Gasteiger partial charge in [-0.05, 0) is 18.6 Å². The number of para-hydroxylation sites is 2. The number of anilines is 1. The lowest BCUT2D eigenvalue weighted by atomic mass is 10.0. The van der Waals surface area contributed by atoms with Gasteiger partial charge in [-0.25, -0.2) is 0 Å². The number of methoxy groups -OCH3 is 1. The smallest absolute Gasteiger partial charge is 0.318 e. The Bertz CT molecular complexity index is 486. The van der Waals surface area contributed by atoms with Crippen molar-refractivity contribution in [2.75, 3.05) is 12.4 Å². The summed E-state index contributed by atoms with van der Waals surface area (Å²) >= 11 is 0. The molecule has 2 atom stereocenters. The fraction of sp³-hybridized carbons (Fsp3) is 0.429. The third-order valence-electron chi connectivity index (χ3n) is 3.20. The molecule has 19 heavy (non-hydrogen) atoms. The zero-order valence-electron chi connectivity index (χ0n) is 11.0. The van der Waals surface area contributed by atoms with Crippen LogP contribution < -0.4 is 10.1 Å². The number of esters is 1. The first-order valence-corrected chi connectivity index (χ1v) is 6.30. The monoisotopic (exact) mass is 263 g/mol. The molecule has 1 amide bonds. The molecule has 0 spiro atoms. The number of amides is 1. The maximum absolute atomic E-state index is 12.1. The second-order valence-electron chi connectivity index (χ2n) is 4.44. The van der Waals surface area contributed by atoms with Gasteiger partial charge in [-0.2, -0.15) is 0 Å². The SMILES string of the molecule is CC[C@@H]1C[C@@H](C(=O)Nc2ccccc2OC)C(=O)O1. The molecular weight excluding hydrogens is 246 g/mol. The quantitative estimate of drug-likeness (QED) is 0.666. The Labute approximate surface area is 111 Å². The molecule has 5 heteroatoms. The third kappa shape index (κ3) is 2.86. The number of ether oxygens (including phenoxy) is 2. The number of hydrogen-bond acceptors (Lipinski definition) is 4. The van der Waals surface area contributed by atoms with Crippen LogP contribution in [-0.2, 0) is 14.3 Å². The molecule has 1 N–H and O–H groups in total. The first-order valence-electron chi connectivity index (χ1n) is 6.30. The molecule has 1 aliphatic rings. The zero-order valence-corrected chi connectivity index (χ0v) is 11.0. The molecule has 1 aliphatic heterocycles. The second kappa shape index (κ2) is 5.73. The van der Waals surface area contributed by atoms with Crippen molar-refractivity contribution in [1.82, 2.24) is 0 Å². The van der Waals surface area contributed by atoms with Crippen LogP contribution in [0.3, 0.4) is 0 Å². The fourth-order valence-electron chi connectivity index (χ4n) is 2.09. The maximum atomic E-state index is 12.1. The number of carbonyl (C=O) groups excluding carboxylic acids is 2. The van der Waals surface area contributed by atoms with Crippen LogP contribution in [0.15, 0.2) is 24.3 Å². The molecule has 0 aliphatic carbocycles. The van der Waals surface area contributed by atoms with Crippen molar-refractivity contribution in [2.24, 2.45) is 5.92 Å². The fourth-order valence-corrected chi connectivity index (χ4v) is 2.09. The van der Waals surface area contributed by atoms with E-state index in [0.717, 1.165) is 6.42 Å². The number of rotatable bonds is 4. The molecule has 0 bridgehead atoms. The number of benzene rings is 1. The Balaban J connectivity index is 2.07. The van der Waals surface area contributed by atoms with Gasteiger partial charge < -0.3 is 14.8 Å². The van der Waals surface area contributed by atoms with Gasteiger partial charge in [0.2, 0.25) is 5.91 Å². The van der Waals surface area contributed by atoms with E-state index in [4.69, 9.17) is 9.47 Å². The van der Waals surface area contributed by atoms with Gasteiger partial charge in [-0.15, -0.1) is 0 Å². The highest BCUT2D eigenvalue weighted by molar-refractivity contribution is 6.06. The molecule has 1 aromatic rings. The van der Waals surface area contributed by atoms with Crippen molar-refractivity contribution in [2.45, 2.75) is 25.9 Å². The summed E-state index contributed by atoms with van der Waals surface area (Å²) in [6.45, 7) is 1.93. The Morgan fingerprint density at radius 2 is 2.21 bits per heavy atom. The molecule has 1 heterocycles. The molecule has 2 rings (SSSR count). The summed E-state index contributed by atoms with van der Waals surface area (Å²) < 4.78 is 10.3. The Morgan fingerprint density at radius 1 is 1.47 bits per heavy atom. The second-order valence-corrected chi connectivity index (χ2v) is 4.44. The topological polar surface area (TPSA) is 64.6 Å². The summed E-state index contributed by atoms with van der Waals surface area (Å²) in [6, 6.07) is 7.08. The standard InChI is InChI=1S/C14H17NO4/c1-3-9-8-10(14(17)19-9)13(16)15-11-6-4-5-7-12(11)18-2/h4-7,9-10H,3,8H2,1-2H3,(H,15,16)/t9-,10+/m1/s1. The minimum Gasteiger partial charge on any atom is -0.495 e. The minimum absolute atomic E-state index is 0.152. The first kappa shape index (κ1) is 13.4. The van der Waals surface area contributed by atoms with Gasteiger partial charge in [0, 0.05) is 6.42 Å².